The first-order valence-electron chi connectivity index (χ1n) is 6.85. The Morgan fingerprint density at radius 1 is 1.42 bits per heavy atom. The van der Waals surface area contributed by atoms with Crippen LogP contribution in [0.1, 0.15) is 24.0 Å². The summed E-state index contributed by atoms with van der Waals surface area (Å²) in [5.74, 6) is -0.716. The molecular formula is C15H22N2O2. The zero-order valence-corrected chi connectivity index (χ0v) is 11.6. The van der Waals surface area contributed by atoms with E-state index < -0.39 is 5.97 Å². The Kier molecular flexibility index (Phi) is 4.43. The number of aryl methyl sites for hydroxylation is 2. The van der Waals surface area contributed by atoms with Gasteiger partial charge >= 0.3 is 5.97 Å². The number of carboxylic acids is 1. The Bertz CT molecular complexity index is 439. The summed E-state index contributed by atoms with van der Waals surface area (Å²) in [5, 5.41) is 12.2. The van der Waals surface area contributed by atoms with Crippen LogP contribution in [0.5, 0.6) is 0 Å². The van der Waals surface area contributed by atoms with E-state index in [9.17, 15) is 4.79 Å². The summed E-state index contributed by atoms with van der Waals surface area (Å²) >= 11 is 0. The predicted molar refractivity (Wildman–Crippen MR) is 76.8 cm³/mol. The predicted octanol–water partition coefficient (Wildman–Crippen LogP) is 1.95. The zero-order chi connectivity index (χ0) is 13.8. The number of anilines is 1. The molecule has 0 bridgehead atoms. The number of carboxylic acid groups (broad SMARTS) is 1. The zero-order valence-electron chi connectivity index (χ0n) is 11.6. The number of aliphatic carboxylic acids is 1. The van der Waals surface area contributed by atoms with Gasteiger partial charge in [-0.15, -0.1) is 0 Å². The van der Waals surface area contributed by atoms with Gasteiger partial charge in [-0.05, 0) is 31.4 Å². The summed E-state index contributed by atoms with van der Waals surface area (Å²) in [6, 6.07) is 6.59. The van der Waals surface area contributed by atoms with Crippen molar-refractivity contribution in [2.75, 3.05) is 24.5 Å². The Morgan fingerprint density at radius 2 is 2.11 bits per heavy atom. The van der Waals surface area contributed by atoms with E-state index in [2.05, 4.69) is 42.3 Å². The van der Waals surface area contributed by atoms with Crippen LogP contribution in [0.25, 0.3) is 0 Å². The number of para-hydroxylation sites is 1. The Morgan fingerprint density at radius 3 is 2.74 bits per heavy atom. The third kappa shape index (κ3) is 3.26. The van der Waals surface area contributed by atoms with Gasteiger partial charge in [-0.2, -0.15) is 0 Å². The Labute approximate surface area is 114 Å². The molecule has 1 aliphatic rings. The van der Waals surface area contributed by atoms with Crippen molar-refractivity contribution < 1.29 is 9.90 Å². The van der Waals surface area contributed by atoms with E-state index >= 15 is 0 Å². The molecule has 1 atom stereocenters. The highest BCUT2D eigenvalue weighted by Crippen LogP contribution is 2.28. The van der Waals surface area contributed by atoms with Crippen molar-refractivity contribution >= 4 is 11.7 Å². The lowest BCUT2D eigenvalue weighted by Gasteiger charge is -2.39. The molecule has 2 rings (SSSR count). The molecule has 1 aromatic carbocycles. The summed E-state index contributed by atoms with van der Waals surface area (Å²) in [7, 11) is 0. The molecule has 0 spiro atoms. The quantitative estimate of drug-likeness (QED) is 0.871. The van der Waals surface area contributed by atoms with E-state index in [1.165, 1.54) is 16.8 Å². The number of carbonyl (C=O) groups is 1. The minimum Gasteiger partial charge on any atom is -0.481 e. The molecule has 1 heterocycles. The van der Waals surface area contributed by atoms with Crippen LogP contribution in [0.15, 0.2) is 18.2 Å². The van der Waals surface area contributed by atoms with Crippen molar-refractivity contribution in [2.45, 2.75) is 32.7 Å². The van der Waals surface area contributed by atoms with Gasteiger partial charge in [0.25, 0.3) is 0 Å². The van der Waals surface area contributed by atoms with Gasteiger partial charge in [0.15, 0.2) is 0 Å². The highest BCUT2D eigenvalue weighted by Gasteiger charge is 2.24. The van der Waals surface area contributed by atoms with E-state index in [1.54, 1.807) is 0 Å². The van der Waals surface area contributed by atoms with Crippen LogP contribution in [-0.4, -0.2) is 36.8 Å². The molecule has 2 N–H and O–H groups in total. The number of nitrogens with zero attached hydrogens (tertiary/aromatic N) is 1. The molecule has 19 heavy (non-hydrogen) atoms. The second-order valence-corrected chi connectivity index (χ2v) is 5.22. The van der Waals surface area contributed by atoms with Crippen molar-refractivity contribution in [3.63, 3.8) is 0 Å². The van der Waals surface area contributed by atoms with Gasteiger partial charge in [0.2, 0.25) is 0 Å². The molecule has 104 valence electrons. The maximum absolute atomic E-state index is 10.8. The average molecular weight is 262 g/mol. The molecule has 1 fully saturated rings. The number of piperazine rings is 1. The second kappa shape index (κ2) is 6.06. The fourth-order valence-electron chi connectivity index (χ4n) is 2.86. The van der Waals surface area contributed by atoms with Crippen LogP contribution in [0.2, 0.25) is 0 Å². The highest BCUT2D eigenvalue weighted by atomic mass is 16.4. The lowest BCUT2D eigenvalue weighted by atomic mass is 10.0. The summed E-state index contributed by atoms with van der Waals surface area (Å²) in [5.41, 5.74) is 3.81. The molecule has 1 saturated heterocycles. The van der Waals surface area contributed by atoms with Gasteiger partial charge in [-0.3, -0.25) is 4.79 Å². The number of nitrogens with one attached hydrogen (secondary N) is 1. The molecule has 1 aliphatic heterocycles. The van der Waals surface area contributed by atoms with Gasteiger partial charge in [-0.1, -0.05) is 18.2 Å². The summed E-state index contributed by atoms with van der Waals surface area (Å²) < 4.78 is 0. The van der Waals surface area contributed by atoms with Gasteiger partial charge in [-0.25, -0.2) is 0 Å². The van der Waals surface area contributed by atoms with E-state index in [0.29, 0.717) is 6.42 Å². The SMILES string of the molecule is Cc1cccc(C)c1N1CCNCC1CCC(=O)O. The molecule has 4 nitrogen and oxygen atoms in total. The normalized spacial score (nSPS) is 19.5. The fourth-order valence-corrected chi connectivity index (χ4v) is 2.86. The topological polar surface area (TPSA) is 52.6 Å². The van der Waals surface area contributed by atoms with Crippen LogP contribution in [0, 0.1) is 13.8 Å². The van der Waals surface area contributed by atoms with E-state index in [1.807, 2.05) is 0 Å². The summed E-state index contributed by atoms with van der Waals surface area (Å²) in [6.07, 6.45) is 0.921. The first-order chi connectivity index (χ1) is 9.09. The Balaban J connectivity index is 2.21. The van der Waals surface area contributed by atoms with Gasteiger partial charge in [0.1, 0.15) is 0 Å². The fraction of sp³-hybridized carbons (Fsp3) is 0.533. The van der Waals surface area contributed by atoms with Crippen LogP contribution in [0.3, 0.4) is 0 Å². The molecule has 1 unspecified atom stereocenters. The molecule has 1 aromatic rings. The smallest absolute Gasteiger partial charge is 0.303 e. The van der Waals surface area contributed by atoms with Crippen LogP contribution in [-0.2, 0) is 4.79 Å². The van der Waals surface area contributed by atoms with Gasteiger partial charge in [0.05, 0.1) is 0 Å². The molecule has 0 saturated carbocycles. The lowest BCUT2D eigenvalue weighted by molar-refractivity contribution is -0.137. The van der Waals surface area contributed by atoms with Crippen molar-refractivity contribution in [3.8, 4) is 0 Å². The minimum atomic E-state index is -0.716. The largest absolute Gasteiger partial charge is 0.481 e. The molecule has 0 aliphatic carbocycles. The third-order valence-electron chi connectivity index (χ3n) is 3.77. The van der Waals surface area contributed by atoms with Crippen molar-refractivity contribution in [3.05, 3.63) is 29.3 Å². The highest BCUT2D eigenvalue weighted by molar-refractivity contribution is 5.67. The van der Waals surface area contributed by atoms with E-state index in [-0.39, 0.29) is 12.5 Å². The lowest BCUT2D eigenvalue weighted by Crippen LogP contribution is -2.52. The maximum atomic E-state index is 10.8. The standard InChI is InChI=1S/C15H22N2O2/c1-11-4-3-5-12(2)15(11)17-9-8-16-10-13(17)6-7-14(18)19/h3-5,13,16H,6-10H2,1-2H3,(H,18,19). The number of hydrogen-bond acceptors (Lipinski definition) is 3. The van der Waals surface area contributed by atoms with Crippen LogP contribution < -0.4 is 10.2 Å². The number of hydrogen-bond donors (Lipinski definition) is 2. The van der Waals surface area contributed by atoms with Crippen molar-refractivity contribution in [2.24, 2.45) is 0 Å². The Hall–Kier alpha value is -1.55. The molecular weight excluding hydrogens is 240 g/mol. The molecule has 4 heteroatoms. The molecule has 0 radical (unpaired) electrons. The van der Waals surface area contributed by atoms with Gasteiger partial charge in [0, 0.05) is 37.8 Å². The third-order valence-corrected chi connectivity index (χ3v) is 3.77. The van der Waals surface area contributed by atoms with Crippen LogP contribution in [0.4, 0.5) is 5.69 Å². The van der Waals surface area contributed by atoms with E-state index in [4.69, 9.17) is 5.11 Å². The first kappa shape index (κ1) is 13.9. The van der Waals surface area contributed by atoms with Gasteiger partial charge < -0.3 is 15.3 Å². The van der Waals surface area contributed by atoms with E-state index in [0.717, 1.165) is 19.6 Å². The number of benzene rings is 1. The molecule has 0 aromatic heterocycles. The number of rotatable bonds is 4. The van der Waals surface area contributed by atoms with Crippen LogP contribution >= 0.6 is 0 Å². The second-order valence-electron chi connectivity index (χ2n) is 5.22. The van der Waals surface area contributed by atoms with Crippen molar-refractivity contribution in [1.82, 2.24) is 5.32 Å². The summed E-state index contributed by atoms with van der Waals surface area (Å²) in [4.78, 5) is 13.2. The minimum absolute atomic E-state index is 0.230. The molecule has 0 amide bonds. The maximum Gasteiger partial charge on any atom is 0.303 e. The van der Waals surface area contributed by atoms with Crippen molar-refractivity contribution in [1.29, 1.82) is 0 Å². The monoisotopic (exact) mass is 262 g/mol. The first-order valence-corrected chi connectivity index (χ1v) is 6.85. The average Bonchev–Trinajstić information content (AvgIpc) is 2.37. The summed E-state index contributed by atoms with van der Waals surface area (Å²) in [6.45, 7) is 7.01.